The molecule has 1 unspecified atom stereocenters. The van der Waals surface area contributed by atoms with E-state index >= 15 is 0 Å². The van der Waals surface area contributed by atoms with Crippen LogP contribution in [0.4, 0.5) is 0 Å². The highest BCUT2D eigenvalue weighted by Gasteiger charge is 2.14. The molecular formula is C23H28N4. The van der Waals surface area contributed by atoms with Gasteiger partial charge in [0.15, 0.2) is 0 Å². The summed E-state index contributed by atoms with van der Waals surface area (Å²) in [7, 11) is 0. The van der Waals surface area contributed by atoms with E-state index in [1.54, 1.807) is 0 Å². The third-order valence-corrected chi connectivity index (χ3v) is 4.90. The summed E-state index contributed by atoms with van der Waals surface area (Å²) in [4.78, 5) is 16.3. The molecule has 1 atom stereocenters. The number of hydrogen-bond acceptors (Lipinski definition) is 4. The van der Waals surface area contributed by atoms with Gasteiger partial charge in [-0.25, -0.2) is 0 Å². The zero-order valence-electron chi connectivity index (χ0n) is 16.4. The fourth-order valence-corrected chi connectivity index (χ4v) is 3.02. The Morgan fingerprint density at radius 3 is 1.78 bits per heavy atom. The van der Waals surface area contributed by atoms with Crippen LogP contribution in [0.3, 0.4) is 0 Å². The molecule has 0 fully saturated rings. The van der Waals surface area contributed by atoms with Crippen LogP contribution in [0.15, 0.2) is 67.0 Å². The zero-order valence-corrected chi connectivity index (χ0v) is 16.4. The van der Waals surface area contributed by atoms with Gasteiger partial charge >= 0.3 is 0 Å². The molecule has 3 aromatic rings. The largest absolute Gasteiger partial charge is 0.286 e. The van der Waals surface area contributed by atoms with Crippen molar-refractivity contribution >= 4 is 0 Å². The highest BCUT2D eigenvalue weighted by atomic mass is 15.1. The Bertz CT molecular complexity index is 777. The Balaban J connectivity index is 1.79. The fourth-order valence-electron chi connectivity index (χ4n) is 3.02. The lowest BCUT2D eigenvalue weighted by atomic mass is 9.94. The lowest BCUT2D eigenvalue weighted by Crippen LogP contribution is -2.24. The average molecular weight is 361 g/mol. The summed E-state index contributed by atoms with van der Waals surface area (Å²) in [5.74, 6) is 1.02. The van der Waals surface area contributed by atoms with Gasteiger partial charge in [0.05, 0.1) is 17.1 Å². The van der Waals surface area contributed by atoms with E-state index < -0.39 is 0 Å². The predicted molar refractivity (Wildman–Crippen MR) is 109 cm³/mol. The van der Waals surface area contributed by atoms with Crippen molar-refractivity contribution in [3.8, 4) is 0 Å². The van der Waals surface area contributed by atoms with Crippen molar-refractivity contribution < 1.29 is 0 Å². The van der Waals surface area contributed by atoms with Crippen molar-refractivity contribution in [2.75, 3.05) is 0 Å². The molecule has 0 saturated carbocycles. The first-order chi connectivity index (χ1) is 13.1. The summed E-state index contributed by atoms with van der Waals surface area (Å²) >= 11 is 0. The van der Waals surface area contributed by atoms with E-state index in [4.69, 9.17) is 4.98 Å². The molecule has 3 rings (SSSR count). The van der Waals surface area contributed by atoms with Gasteiger partial charge in [-0.3, -0.25) is 19.9 Å². The summed E-state index contributed by atoms with van der Waals surface area (Å²) in [6, 6.07) is 18.5. The van der Waals surface area contributed by atoms with Crippen molar-refractivity contribution in [3.63, 3.8) is 0 Å². The smallest absolute Gasteiger partial charge is 0.0547 e. The van der Waals surface area contributed by atoms with Gasteiger partial charge in [-0.15, -0.1) is 0 Å². The second-order valence-electron chi connectivity index (χ2n) is 7.37. The molecule has 4 heteroatoms. The summed E-state index contributed by atoms with van der Waals surface area (Å²) in [5.41, 5.74) is 4.37. The van der Waals surface area contributed by atoms with Gasteiger partial charge in [-0.2, -0.15) is 0 Å². The van der Waals surface area contributed by atoms with Crippen molar-refractivity contribution in [3.05, 3.63) is 89.8 Å². The highest BCUT2D eigenvalue weighted by Crippen LogP contribution is 2.22. The lowest BCUT2D eigenvalue weighted by molar-refractivity contribution is 0.238. The van der Waals surface area contributed by atoms with Gasteiger partial charge in [-0.1, -0.05) is 39.0 Å². The molecule has 0 bridgehead atoms. The maximum atomic E-state index is 4.93. The second kappa shape index (κ2) is 9.38. The zero-order chi connectivity index (χ0) is 19.1. The molecule has 3 aromatic heterocycles. The molecular weight excluding hydrogens is 332 g/mol. The molecule has 0 aliphatic heterocycles. The van der Waals surface area contributed by atoms with Crippen molar-refractivity contribution in [1.29, 1.82) is 0 Å². The molecule has 0 saturated heterocycles. The molecule has 0 amide bonds. The Hall–Kier alpha value is -2.59. The molecule has 27 heavy (non-hydrogen) atoms. The lowest BCUT2D eigenvalue weighted by Gasteiger charge is -2.22. The van der Waals surface area contributed by atoms with Gasteiger partial charge in [0.2, 0.25) is 0 Å². The van der Waals surface area contributed by atoms with E-state index in [2.05, 4.69) is 66.0 Å². The van der Waals surface area contributed by atoms with Crippen LogP contribution < -0.4 is 0 Å². The monoisotopic (exact) mass is 360 g/mol. The summed E-state index contributed by atoms with van der Waals surface area (Å²) in [6.07, 6.45) is 3.69. The minimum Gasteiger partial charge on any atom is -0.286 e. The molecule has 4 nitrogen and oxygen atoms in total. The summed E-state index contributed by atoms with van der Waals surface area (Å²) in [5, 5.41) is 0. The third-order valence-electron chi connectivity index (χ3n) is 4.90. The Morgan fingerprint density at radius 2 is 1.26 bits per heavy atom. The van der Waals surface area contributed by atoms with Crippen LogP contribution in [0, 0.1) is 5.92 Å². The SMILES string of the molecule is CC(C)C(C)c1cccc(CN(Cc2ccccn2)Cc2ccccn2)n1. The van der Waals surface area contributed by atoms with Gasteiger partial charge in [0.25, 0.3) is 0 Å². The van der Waals surface area contributed by atoms with E-state index in [1.807, 2.05) is 36.7 Å². The molecule has 0 spiro atoms. The standard InChI is InChI=1S/C23H28N4/c1-18(2)19(3)23-12-8-11-22(26-23)17-27(15-20-9-4-6-13-24-20)16-21-10-5-7-14-25-21/h4-14,18-19H,15-17H2,1-3H3. The average Bonchev–Trinajstić information content (AvgIpc) is 2.69. The summed E-state index contributed by atoms with van der Waals surface area (Å²) < 4.78 is 0. The van der Waals surface area contributed by atoms with E-state index in [1.165, 1.54) is 0 Å². The first-order valence-electron chi connectivity index (χ1n) is 9.60. The Kier molecular flexibility index (Phi) is 6.66. The first kappa shape index (κ1) is 19.2. The number of pyridine rings is 3. The number of rotatable bonds is 8. The van der Waals surface area contributed by atoms with Gasteiger partial charge < -0.3 is 0 Å². The van der Waals surface area contributed by atoms with E-state index in [0.29, 0.717) is 11.8 Å². The Morgan fingerprint density at radius 1 is 0.704 bits per heavy atom. The van der Waals surface area contributed by atoms with Crippen LogP contribution in [0.5, 0.6) is 0 Å². The van der Waals surface area contributed by atoms with Crippen LogP contribution in [-0.2, 0) is 19.6 Å². The molecule has 140 valence electrons. The third kappa shape index (κ3) is 5.69. The summed E-state index contributed by atoms with van der Waals surface area (Å²) in [6.45, 7) is 9.04. The van der Waals surface area contributed by atoms with Crippen LogP contribution in [0.2, 0.25) is 0 Å². The quantitative estimate of drug-likeness (QED) is 0.577. The fraction of sp³-hybridized carbons (Fsp3) is 0.348. The number of hydrogen-bond donors (Lipinski definition) is 0. The topological polar surface area (TPSA) is 41.9 Å². The minimum absolute atomic E-state index is 0.449. The van der Waals surface area contributed by atoms with E-state index in [0.717, 1.165) is 42.4 Å². The molecule has 0 radical (unpaired) electrons. The molecule has 0 aliphatic rings. The highest BCUT2D eigenvalue weighted by molar-refractivity contribution is 5.15. The van der Waals surface area contributed by atoms with Crippen LogP contribution in [-0.4, -0.2) is 19.9 Å². The van der Waals surface area contributed by atoms with Crippen LogP contribution in [0.25, 0.3) is 0 Å². The van der Waals surface area contributed by atoms with Gasteiger partial charge in [-0.05, 0) is 42.3 Å². The van der Waals surface area contributed by atoms with Gasteiger partial charge in [0.1, 0.15) is 0 Å². The number of aromatic nitrogens is 3. The molecule has 3 heterocycles. The minimum atomic E-state index is 0.449. The van der Waals surface area contributed by atoms with E-state index in [-0.39, 0.29) is 0 Å². The van der Waals surface area contributed by atoms with Crippen molar-refractivity contribution in [2.45, 2.75) is 46.3 Å². The first-order valence-corrected chi connectivity index (χ1v) is 9.60. The normalized spacial score (nSPS) is 12.5. The van der Waals surface area contributed by atoms with E-state index in [9.17, 15) is 0 Å². The molecule has 0 aromatic carbocycles. The molecule has 0 aliphatic carbocycles. The maximum Gasteiger partial charge on any atom is 0.0547 e. The second-order valence-corrected chi connectivity index (χ2v) is 7.37. The van der Waals surface area contributed by atoms with Crippen LogP contribution >= 0.6 is 0 Å². The van der Waals surface area contributed by atoms with Crippen molar-refractivity contribution in [1.82, 2.24) is 19.9 Å². The maximum absolute atomic E-state index is 4.93. The van der Waals surface area contributed by atoms with Crippen LogP contribution in [0.1, 0.15) is 49.5 Å². The van der Waals surface area contributed by atoms with Crippen molar-refractivity contribution in [2.24, 2.45) is 5.92 Å². The Labute approximate surface area is 162 Å². The number of nitrogens with zero attached hydrogens (tertiary/aromatic N) is 4. The predicted octanol–water partition coefficient (Wildman–Crippen LogP) is 4.83. The van der Waals surface area contributed by atoms with Gasteiger partial charge in [0, 0.05) is 43.6 Å². The molecule has 0 N–H and O–H groups in total.